The van der Waals surface area contributed by atoms with E-state index in [1.807, 2.05) is 31.4 Å². The summed E-state index contributed by atoms with van der Waals surface area (Å²) in [4.78, 5) is 18.4. The molecule has 4 nitrogen and oxygen atoms in total. The van der Waals surface area contributed by atoms with Crippen LogP contribution < -0.4 is 0 Å². The smallest absolute Gasteiger partial charge is 0.350 e. The van der Waals surface area contributed by atoms with Gasteiger partial charge in [-0.05, 0) is 63.6 Å². The fourth-order valence-corrected chi connectivity index (χ4v) is 4.43. The van der Waals surface area contributed by atoms with Crippen molar-refractivity contribution in [1.29, 1.82) is 0 Å². The molecular formula is C20H22N2O2S. The zero-order chi connectivity index (χ0) is 17.6. The lowest BCUT2D eigenvalue weighted by Crippen LogP contribution is -2.11. The van der Waals surface area contributed by atoms with Gasteiger partial charge in [0.25, 0.3) is 0 Å². The van der Waals surface area contributed by atoms with Crippen molar-refractivity contribution in [3.8, 4) is 11.3 Å². The Balaban J connectivity index is 1.69. The average Bonchev–Trinajstić information content (AvgIpc) is 3.13. The summed E-state index contributed by atoms with van der Waals surface area (Å²) in [5.41, 5.74) is 5.94. The maximum absolute atomic E-state index is 12.2. The molecule has 25 heavy (non-hydrogen) atoms. The number of benzene rings is 1. The lowest BCUT2D eigenvalue weighted by Gasteiger charge is -2.15. The van der Waals surface area contributed by atoms with E-state index >= 15 is 0 Å². The minimum atomic E-state index is -0.265. The standard InChI is InChI=1S/C20H22N2O2S/c1-12(2)24-19(23)18-13(3)22-11-17(21-20(22)25-18)16-9-8-14-6-4-5-7-15(14)10-16/h8-12H,4-7H2,1-3H3. The van der Waals surface area contributed by atoms with Crippen molar-refractivity contribution >= 4 is 22.3 Å². The number of fused-ring (bicyclic) bond motifs is 2. The third-order valence-electron chi connectivity index (χ3n) is 4.73. The predicted octanol–water partition coefficient (Wildman–Crippen LogP) is 4.82. The topological polar surface area (TPSA) is 43.6 Å². The average molecular weight is 354 g/mol. The van der Waals surface area contributed by atoms with E-state index in [4.69, 9.17) is 9.72 Å². The van der Waals surface area contributed by atoms with Gasteiger partial charge in [-0.2, -0.15) is 0 Å². The van der Waals surface area contributed by atoms with Crippen LogP contribution in [0, 0.1) is 6.92 Å². The van der Waals surface area contributed by atoms with Crippen molar-refractivity contribution in [2.24, 2.45) is 0 Å². The summed E-state index contributed by atoms with van der Waals surface area (Å²) in [5, 5.41) is 0. The Bertz CT molecular complexity index is 952. The van der Waals surface area contributed by atoms with Gasteiger partial charge in [0.2, 0.25) is 0 Å². The number of rotatable bonds is 3. The number of carbonyl (C=O) groups is 1. The van der Waals surface area contributed by atoms with Crippen LogP contribution in [-0.2, 0) is 17.6 Å². The van der Waals surface area contributed by atoms with E-state index < -0.39 is 0 Å². The molecule has 0 aliphatic heterocycles. The van der Waals surface area contributed by atoms with Gasteiger partial charge in [0.1, 0.15) is 4.88 Å². The third-order valence-corrected chi connectivity index (χ3v) is 5.87. The monoisotopic (exact) mass is 354 g/mol. The molecule has 2 aromatic heterocycles. The molecule has 1 aliphatic rings. The molecule has 1 aliphatic carbocycles. The van der Waals surface area contributed by atoms with Crippen molar-refractivity contribution in [2.75, 3.05) is 0 Å². The van der Waals surface area contributed by atoms with E-state index in [1.165, 1.54) is 41.7 Å². The van der Waals surface area contributed by atoms with Gasteiger partial charge in [-0.25, -0.2) is 9.78 Å². The number of hydrogen-bond donors (Lipinski definition) is 0. The largest absolute Gasteiger partial charge is 0.459 e. The minimum Gasteiger partial charge on any atom is -0.459 e. The normalized spacial score (nSPS) is 14.1. The second-order valence-electron chi connectivity index (χ2n) is 6.94. The van der Waals surface area contributed by atoms with E-state index in [9.17, 15) is 4.79 Å². The molecule has 0 atom stereocenters. The number of aromatic nitrogens is 2. The summed E-state index contributed by atoms with van der Waals surface area (Å²) < 4.78 is 7.32. The van der Waals surface area contributed by atoms with Crippen LogP contribution in [0.4, 0.5) is 0 Å². The minimum absolute atomic E-state index is 0.118. The molecule has 130 valence electrons. The quantitative estimate of drug-likeness (QED) is 0.634. The van der Waals surface area contributed by atoms with Crippen LogP contribution in [0.1, 0.15) is 53.2 Å². The van der Waals surface area contributed by atoms with Crippen LogP contribution in [0.25, 0.3) is 16.2 Å². The summed E-state index contributed by atoms with van der Waals surface area (Å²) >= 11 is 1.40. The maximum atomic E-state index is 12.2. The highest BCUT2D eigenvalue weighted by Crippen LogP contribution is 2.30. The molecule has 0 fully saturated rings. The van der Waals surface area contributed by atoms with Gasteiger partial charge in [-0.15, -0.1) is 0 Å². The Kier molecular flexibility index (Phi) is 4.12. The molecule has 0 unspecified atom stereocenters. The van der Waals surface area contributed by atoms with E-state index in [-0.39, 0.29) is 12.1 Å². The zero-order valence-electron chi connectivity index (χ0n) is 14.8. The Morgan fingerprint density at radius 3 is 2.72 bits per heavy atom. The number of nitrogens with zero attached hydrogens (tertiary/aromatic N) is 2. The highest BCUT2D eigenvalue weighted by Gasteiger charge is 2.20. The molecule has 5 heteroatoms. The highest BCUT2D eigenvalue weighted by atomic mass is 32.1. The van der Waals surface area contributed by atoms with E-state index in [2.05, 4.69) is 18.2 Å². The maximum Gasteiger partial charge on any atom is 0.350 e. The van der Waals surface area contributed by atoms with Crippen LogP contribution in [-0.4, -0.2) is 21.5 Å². The highest BCUT2D eigenvalue weighted by molar-refractivity contribution is 7.19. The fraction of sp³-hybridized carbons (Fsp3) is 0.400. The van der Waals surface area contributed by atoms with Gasteiger partial charge in [0.15, 0.2) is 4.96 Å². The molecule has 0 bridgehead atoms. The molecule has 0 radical (unpaired) electrons. The summed E-state index contributed by atoms with van der Waals surface area (Å²) in [6.45, 7) is 5.67. The van der Waals surface area contributed by atoms with Crippen LogP contribution in [0.2, 0.25) is 0 Å². The summed E-state index contributed by atoms with van der Waals surface area (Å²) in [7, 11) is 0. The van der Waals surface area contributed by atoms with Gasteiger partial charge >= 0.3 is 5.97 Å². The van der Waals surface area contributed by atoms with Crippen LogP contribution in [0.3, 0.4) is 0 Å². The number of ether oxygens (including phenoxy) is 1. The second-order valence-corrected chi connectivity index (χ2v) is 7.92. The Hall–Kier alpha value is -2.14. The third kappa shape index (κ3) is 2.97. The first-order valence-corrected chi connectivity index (χ1v) is 9.66. The first kappa shape index (κ1) is 16.3. The molecule has 0 N–H and O–H groups in total. The van der Waals surface area contributed by atoms with Gasteiger partial charge < -0.3 is 4.74 Å². The van der Waals surface area contributed by atoms with Crippen LogP contribution in [0.5, 0.6) is 0 Å². The second kappa shape index (κ2) is 6.30. The lowest BCUT2D eigenvalue weighted by atomic mass is 9.90. The Morgan fingerprint density at radius 2 is 2.00 bits per heavy atom. The van der Waals surface area contributed by atoms with E-state index in [0.29, 0.717) is 4.88 Å². The van der Waals surface area contributed by atoms with E-state index in [0.717, 1.165) is 28.3 Å². The summed E-state index contributed by atoms with van der Waals surface area (Å²) in [5.74, 6) is -0.265. The molecule has 0 saturated carbocycles. The molecular weight excluding hydrogens is 332 g/mol. The van der Waals surface area contributed by atoms with Gasteiger partial charge in [0, 0.05) is 17.5 Å². The number of esters is 1. The molecule has 1 aromatic carbocycles. The van der Waals surface area contributed by atoms with Crippen LogP contribution >= 0.6 is 11.3 Å². The molecule has 0 amide bonds. The van der Waals surface area contributed by atoms with Crippen molar-refractivity contribution in [2.45, 2.75) is 52.6 Å². The molecule has 4 rings (SSSR count). The predicted molar refractivity (Wildman–Crippen MR) is 100 cm³/mol. The number of imidazole rings is 1. The van der Waals surface area contributed by atoms with Gasteiger partial charge in [-0.1, -0.05) is 23.5 Å². The Labute approximate surface area is 151 Å². The van der Waals surface area contributed by atoms with Crippen molar-refractivity contribution < 1.29 is 9.53 Å². The molecule has 2 heterocycles. The zero-order valence-corrected chi connectivity index (χ0v) is 15.7. The number of hydrogen-bond acceptors (Lipinski definition) is 4. The summed E-state index contributed by atoms with van der Waals surface area (Å²) in [6, 6.07) is 6.69. The first-order valence-electron chi connectivity index (χ1n) is 8.84. The SMILES string of the molecule is Cc1c(C(=O)OC(C)C)sc2nc(-c3ccc4c(c3)CCCC4)cn12. The van der Waals surface area contributed by atoms with Crippen molar-refractivity contribution in [3.05, 3.63) is 46.1 Å². The van der Waals surface area contributed by atoms with E-state index in [1.54, 1.807) is 0 Å². The number of aryl methyl sites for hydroxylation is 3. The Morgan fingerprint density at radius 1 is 1.24 bits per heavy atom. The number of thiazole rings is 1. The molecule has 0 saturated heterocycles. The van der Waals surface area contributed by atoms with Crippen molar-refractivity contribution in [3.63, 3.8) is 0 Å². The van der Waals surface area contributed by atoms with Gasteiger partial charge in [0.05, 0.1) is 11.8 Å². The number of carbonyl (C=O) groups excluding carboxylic acids is 1. The van der Waals surface area contributed by atoms with Crippen molar-refractivity contribution in [1.82, 2.24) is 9.38 Å². The summed E-state index contributed by atoms with van der Waals surface area (Å²) in [6.07, 6.45) is 6.82. The molecule has 3 aromatic rings. The first-order chi connectivity index (χ1) is 12.0. The van der Waals surface area contributed by atoms with Crippen LogP contribution in [0.15, 0.2) is 24.4 Å². The lowest BCUT2D eigenvalue weighted by molar-refractivity contribution is 0.0382. The van der Waals surface area contributed by atoms with Gasteiger partial charge in [-0.3, -0.25) is 4.40 Å². The fourth-order valence-electron chi connectivity index (χ4n) is 3.44. The molecule has 0 spiro atoms.